The summed E-state index contributed by atoms with van der Waals surface area (Å²) >= 11 is 5.79. The van der Waals surface area contributed by atoms with Crippen molar-refractivity contribution in [3.63, 3.8) is 0 Å². The SMILES string of the molecule is CNC(=O)NCc1nc(-c2ccc(Cl)cc2)no1. The maximum atomic E-state index is 11.0. The van der Waals surface area contributed by atoms with E-state index in [0.717, 1.165) is 5.56 Å². The standard InChI is InChI=1S/C11H11ClN4O2/c1-13-11(17)14-6-9-15-10(16-18-9)7-2-4-8(12)5-3-7/h2-5H,6H2,1H3,(H2,13,14,17). The van der Waals surface area contributed by atoms with Crippen LogP contribution in [-0.4, -0.2) is 23.2 Å². The van der Waals surface area contributed by atoms with Crippen LogP contribution in [0.15, 0.2) is 28.8 Å². The van der Waals surface area contributed by atoms with Crippen molar-refractivity contribution in [3.05, 3.63) is 35.2 Å². The van der Waals surface area contributed by atoms with Gasteiger partial charge >= 0.3 is 6.03 Å². The number of rotatable bonds is 3. The predicted octanol–water partition coefficient (Wildman–Crippen LogP) is 1.82. The van der Waals surface area contributed by atoms with Crippen molar-refractivity contribution in [2.75, 3.05) is 7.05 Å². The van der Waals surface area contributed by atoms with E-state index in [1.54, 1.807) is 24.3 Å². The summed E-state index contributed by atoms with van der Waals surface area (Å²) in [4.78, 5) is 15.1. The fourth-order valence-corrected chi connectivity index (χ4v) is 1.41. The summed E-state index contributed by atoms with van der Waals surface area (Å²) < 4.78 is 5.01. The molecule has 0 aliphatic rings. The lowest BCUT2D eigenvalue weighted by atomic mass is 10.2. The van der Waals surface area contributed by atoms with Gasteiger partial charge in [-0.15, -0.1) is 0 Å². The minimum Gasteiger partial charge on any atom is -0.341 e. The maximum Gasteiger partial charge on any atom is 0.314 e. The second-order valence-electron chi connectivity index (χ2n) is 3.45. The van der Waals surface area contributed by atoms with Crippen molar-refractivity contribution in [2.24, 2.45) is 0 Å². The number of urea groups is 1. The second-order valence-corrected chi connectivity index (χ2v) is 3.89. The molecule has 0 bridgehead atoms. The third-order valence-corrected chi connectivity index (χ3v) is 2.45. The third kappa shape index (κ3) is 2.98. The lowest BCUT2D eigenvalue weighted by Crippen LogP contribution is -2.32. The van der Waals surface area contributed by atoms with Crippen LogP contribution in [0.5, 0.6) is 0 Å². The average Bonchev–Trinajstić information content (AvgIpc) is 2.85. The molecule has 94 valence electrons. The molecule has 1 heterocycles. The molecular formula is C11H11ClN4O2. The monoisotopic (exact) mass is 266 g/mol. The number of benzene rings is 1. The van der Waals surface area contributed by atoms with Crippen molar-refractivity contribution >= 4 is 17.6 Å². The number of hydrogen-bond acceptors (Lipinski definition) is 4. The molecule has 0 unspecified atom stereocenters. The fourth-order valence-electron chi connectivity index (χ4n) is 1.29. The van der Waals surface area contributed by atoms with Gasteiger partial charge in [-0.3, -0.25) is 0 Å². The molecule has 1 aromatic carbocycles. The highest BCUT2D eigenvalue weighted by molar-refractivity contribution is 6.30. The topological polar surface area (TPSA) is 80.0 Å². The average molecular weight is 267 g/mol. The molecule has 6 nitrogen and oxygen atoms in total. The maximum absolute atomic E-state index is 11.0. The molecule has 0 saturated carbocycles. The first-order valence-corrected chi connectivity index (χ1v) is 5.61. The Labute approximate surface area is 108 Å². The summed E-state index contributed by atoms with van der Waals surface area (Å²) in [6.07, 6.45) is 0. The van der Waals surface area contributed by atoms with E-state index in [9.17, 15) is 4.79 Å². The van der Waals surface area contributed by atoms with E-state index in [1.165, 1.54) is 7.05 Å². The Kier molecular flexibility index (Phi) is 3.78. The molecule has 0 saturated heterocycles. The van der Waals surface area contributed by atoms with Crippen LogP contribution in [0.2, 0.25) is 5.02 Å². The van der Waals surface area contributed by atoms with E-state index < -0.39 is 0 Å². The van der Waals surface area contributed by atoms with Gasteiger partial charge < -0.3 is 15.2 Å². The van der Waals surface area contributed by atoms with Gasteiger partial charge in [-0.25, -0.2) is 4.79 Å². The number of nitrogens with zero attached hydrogens (tertiary/aromatic N) is 2. The molecular weight excluding hydrogens is 256 g/mol. The van der Waals surface area contributed by atoms with Crippen LogP contribution >= 0.6 is 11.6 Å². The van der Waals surface area contributed by atoms with Crippen LogP contribution < -0.4 is 10.6 Å². The van der Waals surface area contributed by atoms with Gasteiger partial charge in [0.2, 0.25) is 11.7 Å². The number of carbonyl (C=O) groups is 1. The number of carbonyl (C=O) groups excluding carboxylic acids is 1. The number of hydrogen-bond donors (Lipinski definition) is 2. The van der Waals surface area contributed by atoms with Gasteiger partial charge in [-0.2, -0.15) is 4.98 Å². The van der Waals surface area contributed by atoms with Crippen LogP contribution in [0.25, 0.3) is 11.4 Å². The molecule has 7 heteroatoms. The fraction of sp³-hybridized carbons (Fsp3) is 0.182. The van der Waals surface area contributed by atoms with E-state index in [2.05, 4.69) is 20.8 Å². The van der Waals surface area contributed by atoms with E-state index in [-0.39, 0.29) is 12.6 Å². The molecule has 0 aliphatic heterocycles. The summed E-state index contributed by atoms with van der Waals surface area (Å²) in [5.41, 5.74) is 0.800. The molecule has 0 atom stereocenters. The number of amides is 2. The van der Waals surface area contributed by atoms with Gasteiger partial charge in [-0.05, 0) is 24.3 Å². The van der Waals surface area contributed by atoms with E-state index >= 15 is 0 Å². The third-order valence-electron chi connectivity index (χ3n) is 2.20. The molecule has 18 heavy (non-hydrogen) atoms. The first kappa shape index (κ1) is 12.4. The van der Waals surface area contributed by atoms with E-state index in [1.807, 2.05) is 0 Å². The van der Waals surface area contributed by atoms with Gasteiger partial charge in [-0.1, -0.05) is 16.8 Å². The first-order valence-electron chi connectivity index (χ1n) is 5.23. The van der Waals surface area contributed by atoms with E-state index in [0.29, 0.717) is 16.7 Å². The smallest absolute Gasteiger partial charge is 0.314 e. The zero-order chi connectivity index (χ0) is 13.0. The number of aromatic nitrogens is 2. The van der Waals surface area contributed by atoms with Crippen LogP contribution in [0.3, 0.4) is 0 Å². The largest absolute Gasteiger partial charge is 0.341 e. The highest BCUT2D eigenvalue weighted by atomic mass is 35.5. The summed E-state index contributed by atoms with van der Waals surface area (Å²) in [7, 11) is 1.53. The Morgan fingerprint density at radius 3 is 2.78 bits per heavy atom. The lowest BCUT2D eigenvalue weighted by Gasteiger charge is -1.98. The normalized spacial score (nSPS) is 10.1. The first-order chi connectivity index (χ1) is 8.69. The number of nitrogens with one attached hydrogen (secondary N) is 2. The number of halogens is 1. The van der Waals surface area contributed by atoms with Gasteiger partial charge in [0, 0.05) is 17.6 Å². The molecule has 0 fully saturated rings. The second kappa shape index (κ2) is 5.50. The molecule has 2 rings (SSSR count). The van der Waals surface area contributed by atoms with Gasteiger partial charge in [0.05, 0.1) is 6.54 Å². The minimum absolute atomic E-state index is 0.181. The molecule has 2 amide bonds. The van der Waals surface area contributed by atoms with Crippen LogP contribution in [0.1, 0.15) is 5.89 Å². The molecule has 2 aromatic rings. The lowest BCUT2D eigenvalue weighted by molar-refractivity contribution is 0.240. The molecule has 0 radical (unpaired) electrons. The van der Waals surface area contributed by atoms with Crippen LogP contribution in [-0.2, 0) is 6.54 Å². The Morgan fingerprint density at radius 2 is 2.11 bits per heavy atom. The van der Waals surface area contributed by atoms with Crippen LogP contribution in [0.4, 0.5) is 4.79 Å². The summed E-state index contributed by atoms with van der Waals surface area (Å²) in [5.74, 6) is 0.795. The van der Waals surface area contributed by atoms with Gasteiger partial charge in [0.1, 0.15) is 0 Å². The van der Waals surface area contributed by atoms with Crippen molar-refractivity contribution in [2.45, 2.75) is 6.54 Å². The molecule has 0 aliphatic carbocycles. The Balaban J connectivity index is 2.06. The van der Waals surface area contributed by atoms with Crippen molar-refractivity contribution in [1.82, 2.24) is 20.8 Å². The minimum atomic E-state index is -0.304. The highest BCUT2D eigenvalue weighted by Crippen LogP contribution is 2.18. The van der Waals surface area contributed by atoms with Crippen LogP contribution in [0, 0.1) is 0 Å². The predicted molar refractivity (Wildman–Crippen MR) is 66.0 cm³/mol. The summed E-state index contributed by atoms with van der Waals surface area (Å²) in [6.45, 7) is 0.181. The quantitative estimate of drug-likeness (QED) is 0.888. The van der Waals surface area contributed by atoms with E-state index in [4.69, 9.17) is 16.1 Å². The molecule has 2 N–H and O–H groups in total. The highest BCUT2D eigenvalue weighted by Gasteiger charge is 2.09. The Morgan fingerprint density at radius 1 is 1.39 bits per heavy atom. The molecule has 0 spiro atoms. The van der Waals surface area contributed by atoms with Gasteiger partial charge in [0.15, 0.2) is 0 Å². The molecule has 1 aromatic heterocycles. The summed E-state index contributed by atoms with van der Waals surface area (Å²) in [5, 5.41) is 9.44. The zero-order valence-electron chi connectivity index (χ0n) is 9.61. The van der Waals surface area contributed by atoms with Crippen molar-refractivity contribution < 1.29 is 9.32 Å². The summed E-state index contributed by atoms with van der Waals surface area (Å²) in [6, 6.07) is 6.78. The van der Waals surface area contributed by atoms with Crippen molar-refractivity contribution in [1.29, 1.82) is 0 Å². The zero-order valence-corrected chi connectivity index (χ0v) is 10.4. The van der Waals surface area contributed by atoms with Crippen molar-refractivity contribution in [3.8, 4) is 11.4 Å². The Hall–Kier alpha value is -2.08. The Bertz CT molecular complexity index is 538. The van der Waals surface area contributed by atoms with Gasteiger partial charge in [0.25, 0.3) is 0 Å².